The number of ether oxygens (including phenoxy) is 1. The van der Waals surface area contributed by atoms with Crippen LogP contribution in [-0.2, 0) is 5.41 Å². The molecule has 0 atom stereocenters. The molecule has 6 nitrogen and oxygen atoms in total. The minimum atomic E-state index is -1.14. The number of aromatic nitrogens is 1. The molecule has 4 aromatic rings. The maximum Gasteiger partial charge on any atom is 0.335 e. The quantitative estimate of drug-likeness (QED) is 0.327. The van der Waals surface area contributed by atoms with Crippen molar-refractivity contribution in [2.24, 2.45) is 0 Å². The molecule has 0 fully saturated rings. The van der Waals surface area contributed by atoms with Crippen LogP contribution < -0.4 is 4.74 Å². The van der Waals surface area contributed by atoms with Gasteiger partial charge in [0, 0.05) is 41.3 Å². The van der Waals surface area contributed by atoms with Crippen molar-refractivity contribution >= 4 is 16.9 Å². The molecule has 0 bridgehead atoms. The van der Waals surface area contributed by atoms with Gasteiger partial charge in [0.05, 0.1) is 35.3 Å². The summed E-state index contributed by atoms with van der Waals surface area (Å²) in [7, 11) is 1.12. The molecule has 3 aromatic carbocycles. The van der Waals surface area contributed by atoms with Gasteiger partial charge >= 0.3 is 5.97 Å². The lowest BCUT2D eigenvalue weighted by Crippen LogP contribution is -2.22. The summed E-state index contributed by atoms with van der Waals surface area (Å²) in [6.45, 7) is 3.47. The normalized spacial score (nSPS) is 11.5. The summed E-state index contributed by atoms with van der Waals surface area (Å²) in [6, 6.07) is 12.0. The van der Waals surface area contributed by atoms with Gasteiger partial charge in [-0.3, -0.25) is 0 Å². The van der Waals surface area contributed by atoms with Crippen molar-refractivity contribution in [1.82, 2.24) is 4.57 Å². The lowest BCUT2D eigenvalue weighted by Gasteiger charge is -2.27. The van der Waals surface area contributed by atoms with Crippen molar-refractivity contribution in [1.29, 1.82) is 5.26 Å². The summed E-state index contributed by atoms with van der Waals surface area (Å²) < 4.78 is 50.3. The predicted molar refractivity (Wildman–Crippen MR) is 127 cm³/mol. The maximum absolute atomic E-state index is 14.8. The minimum Gasteiger partial charge on any atom is -0.507 e. The fourth-order valence-electron chi connectivity index (χ4n) is 4.48. The smallest absolute Gasteiger partial charge is 0.335 e. The summed E-state index contributed by atoms with van der Waals surface area (Å²) >= 11 is 0. The zero-order chi connectivity index (χ0) is 26.4. The molecule has 0 saturated carbocycles. The molecule has 184 valence electrons. The van der Waals surface area contributed by atoms with Crippen LogP contribution >= 0.6 is 0 Å². The van der Waals surface area contributed by atoms with Crippen LogP contribution in [0.2, 0.25) is 0 Å². The number of nitriles is 1. The Hall–Kier alpha value is -4.45. The van der Waals surface area contributed by atoms with E-state index in [9.17, 15) is 33.4 Å². The molecule has 9 heteroatoms. The number of aromatic hydroxyl groups is 1. The topological polar surface area (TPSA) is 95.5 Å². The molecule has 1 aromatic heterocycles. The number of benzene rings is 3. The van der Waals surface area contributed by atoms with Crippen molar-refractivity contribution < 1.29 is 32.9 Å². The van der Waals surface area contributed by atoms with Gasteiger partial charge in [-0.1, -0.05) is 26.0 Å². The number of carboxylic acid groups (broad SMARTS) is 1. The number of methoxy groups -OCH3 is 1. The lowest BCUT2D eigenvalue weighted by molar-refractivity contribution is 0.0697. The second-order valence-corrected chi connectivity index (χ2v) is 8.92. The Morgan fingerprint density at radius 3 is 2.22 bits per heavy atom. The monoisotopic (exact) mass is 494 g/mol. The number of rotatable bonds is 6. The molecule has 36 heavy (non-hydrogen) atoms. The number of carboxylic acids is 1. The molecule has 0 saturated heterocycles. The van der Waals surface area contributed by atoms with E-state index in [2.05, 4.69) is 6.07 Å². The summed E-state index contributed by atoms with van der Waals surface area (Å²) in [5, 5.41) is 29.8. The van der Waals surface area contributed by atoms with E-state index in [-0.39, 0.29) is 28.6 Å². The third-order valence-electron chi connectivity index (χ3n) is 6.04. The number of carbonyl (C=O) groups is 1. The van der Waals surface area contributed by atoms with Crippen LogP contribution in [0.1, 0.15) is 36.3 Å². The Bertz CT molecular complexity index is 1530. The van der Waals surface area contributed by atoms with E-state index in [0.717, 1.165) is 31.4 Å². The van der Waals surface area contributed by atoms with E-state index >= 15 is 0 Å². The van der Waals surface area contributed by atoms with E-state index in [1.165, 1.54) is 28.8 Å². The standard InChI is InChI=1S/C27H21F3N2O4/c1-27(2,8-9-31)25-22(14-4-6-15(7-5-14)26(34)35)23-20(10-16(28)11-21(23)33)32(25)17-12-18(29)24(36-3)19(30)13-17/h4-7,10-13,33H,8H2,1-3H3,(H,34,35). The average Bonchev–Trinajstić information content (AvgIpc) is 3.15. The molecular weight excluding hydrogens is 473 g/mol. The number of phenols is 1. The third kappa shape index (κ3) is 4.01. The second kappa shape index (κ2) is 8.96. The molecule has 4 rings (SSSR count). The van der Waals surface area contributed by atoms with Crippen molar-refractivity contribution in [3.05, 3.63) is 77.2 Å². The third-order valence-corrected chi connectivity index (χ3v) is 6.04. The molecular formula is C27H21F3N2O4. The maximum atomic E-state index is 14.8. The second-order valence-electron chi connectivity index (χ2n) is 8.92. The van der Waals surface area contributed by atoms with Gasteiger partial charge in [0.1, 0.15) is 11.6 Å². The van der Waals surface area contributed by atoms with Crippen LogP contribution in [0.4, 0.5) is 13.2 Å². The Kier molecular flexibility index (Phi) is 6.14. The SMILES string of the molecule is COc1c(F)cc(-n2c(C(C)(C)CC#N)c(-c3ccc(C(=O)O)cc3)c3c(O)cc(F)cc32)cc1F. The Labute approximate surface area is 204 Å². The van der Waals surface area contributed by atoms with E-state index in [1.807, 2.05) is 0 Å². The fourth-order valence-corrected chi connectivity index (χ4v) is 4.48. The van der Waals surface area contributed by atoms with Crippen LogP contribution in [0.15, 0.2) is 48.5 Å². The lowest BCUT2D eigenvalue weighted by atomic mass is 9.81. The number of halogens is 3. The van der Waals surface area contributed by atoms with Crippen LogP contribution in [0, 0.1) is 28.8 Å². The van der Waals surface area contributed by atoms with E-state index in [4.69, 9.17) is 4.74 Å². The van der Waals surface area contributed by atoms with Crippen LogP contribution in [-0.4, -0.2) is 27.9 Å². The summed E-state index contributed by atoms with van der Waals surface area (Å²) in [5.41, 5.74) is 0.342. The van der Waals surface area contributed by atoms with Crippen molar-refractivity contribution in [3.63, 3.8) is 0 Å². The van der Waals surface area contributed by atoms with Crippen LogP contribution in [0.25, 0.3) is 27.7 Å². The molecule has 0 aliphatic carbocycles. The first-order valence-electron chi connectivity index (χ1n) is 10.8. The molecule has 0 amide bonds. The first kappa shape index (κ1) is 24.7. The largest absolute Gasteiger partial charge is 0.507 e. The van der Waals surface area contributed by atoms with Gasteiger partial charge in [-0.05, 0) is 23.8 Å². The van der Waals surface area contributed by atoms with E-state index in [0.29, 0.717) is 16.8 Å². The number of fused-ring (bicyclic) bond motifs is 1. The minimum absolute atomic E-state index is 0.0183. The first-order chi connectivity index (χ1) is 17.0. The molecule has 0 aliphatic rings. The summed E-state index contributed by atoms with van der Waals surface area (Å²) in [5.74, 6) is -4.93. The highest BCUT2D eigenvalue weighted by atomic mass is 19.1. The molecule has 2 N–H and O–H groups in total. The summed E-state index contributed by atoms with van der Waals surface area (Å²) in [6.07, 6.45) is -0.0338. The number of hydrogen-bond acceptors (Lipinski definition) is 4. The van der Waals surface area contributed by atoms with Crippen LogP contribution in [0.5, 0.6) is 11.5 Å². The van der Waals surface area contributed by atoms with E-state index < -0.39 is 40.3 Å². The summed E-state index contributed by atoms with van der Waals surface area (Å²) in [4.78, 5) is 11.4. The number of phenolic OH excluding ortho intramolecular Hbond substituents is 1. The molecule has 0 unspecified atom stereocenters. The Morgan fingerprint density at radius 2 is 1.69 bits per heavy atom. The van der Waals surface area contributed by atoms with Crippen molar-refractivity contribution in [2.45, 2.75) is 25.7 Å². The first-order valence-corrected chi connectivity index (χ1v) is 10.8. The molecule has 1 heterocycles. The average molecular weight is 494 g/mol. The Morgan fingerprint density at radius 1 is 1.08 bits per heavy atom. The predicted octanol–water partition coefficient (Wildman–Crippen LogP) is 6.32. The van der Waals surface area contributed by atoms with Gasteiger partial charge in [-0.2, -0.15) is 5.26 Å². The van der Waals surface area contributed by atoms with E-state index in [1.54, 1.807) is 13.8 Å². The van der Waals surface area contributed by atoms with Gasteiger partial charge in [-0.25, -0.2) is 18.0 Å². The van der Waals surface area contributed by atoms with Gasteiger partial charge in [0.15, 0.2) is 17.4 Å². The zero-order valence-electron chi connectivity index (χ0n) is 19.6. The number of nitrogens with zero attached hydrogens (tertiary/aromatic N) is 2. The Balaban J connectivity index is 2.22. The van der Waals surface area contributed by atoms with Gasteiger partial charge in [0.25, 0.3) is 0 Å². The highest BCUT2D eigenvalue weighted by Gasteiger charge is 2.34. The van der Waals surface area contributed by atoms with Crippen molar-refractivity contribution in [3.8, 4) is 34.4 Å². The number of aromatic carboxylic acids is 1. The highest BCUT2D eigenvalue weighted by Crippen LogP contribution is 2.47. The van der Waals surface area contributed by atoms with Crippen molar-refractivity contribution in [2.75, 3.05) is 7.11 Å². The highest BCUT2D eigenvalue weighted by molar-refractivity contribution is 6.04. The zero-order valence-corrected chi connectivity index (χ0v) is 19.6. The molecule has 0 radical (unpaired) electrons. The van der Waals surface area contributed by atoms with Gasteiger partial charge in [0.2, 0.25) is 0 Å². The fraction of sp³-hybridized carbons (Fsp3) is 0.185. The van der Waals surface area contributed by atoms with Crippen LogP contribution in [0.3, 0.4) is 0 Å². The molecule has 0 spiro atoms. The number of hydrogen-bond donors (Lipinski definition) is 2. The van der Waals surface area contributed by atoms with Gasteiger partial charge in [-0.15, -0.1) is 0 Å². The molecule has 0 aliphatic heterocycles. The van der Waals surface area contributed by atoms with Gasteiger partial charge < -0.3 is 19.5 Å².